The van der Waals surface area contributed by atoms with Crippen LogP contribution in [0.4, 0.5) is 0 Å². The molecule has 1 heterocycles. The molecule has 2 aromatic carbocycles. The maximum atomic E-state index is 10.4. The Labute approximate surface area is 130 Å². The minimum Gasteiger partial charge on any atom is -0.454 e. The van der Waals surface area contributed by atoms with Crippen LogP contribution in [0.15, 0.2) is 40.9 Å². The number of ether oxygens (including phenoxy) is 2. The lowest BCUT2D eigenvalue weighted by Crippen LogP contribution is -2.02. The fourth-order valence-electron chi connectivity index (χ4n) is 2.17. The normalized spacial score (nSPS) is 14.3. The van der Waals surface area contributed by atoms with E-state index in [1.165, 1.54) is 0 Å². The molecule has 0 saturated heterocycles. The summed E-state index contributed by atoms with van der Waals surface area (Å²) in [6, 6.07) is 11.3. The van der Waals surface area contributed by atoms with Crippen molar-refractivity contribution < 1.29 is 14.6 Å². The highest BCUT2D eigenvalue weighted by atomic mass is 79.9. The van der Waals surface area contributed by atoms with Crippen molar-refractivity contribution in [1.82, 2.24) is 0 Å². The molecule has 1 unspecified atom stereocenters. The van der Waals surface area contributed by atoms with E-state index in [2.05, 4.69) is 15.9 Å². The first-order valence-electron chi connectivity index (χ1n) is 6.15. The molecule has 3 nitrogen and oxygen atoms in total. The molecule has 1 aliphatic heterocycles. The van der Waals surface area contributed by atoms with Crippen LogP contribution in [0.25, 0.3) is 0 Å². The second-order valence-corrected chi connectivity index (χ2v) is 5.81. The van der Waals surface area contributed by atoms with Crippen LogP contribution in [0.2, 0.25) is 5.02 Å². The standard InChI is InChI=1S/C15H12BrClO3/c16-11-4-2-1-3-9(11)6-13(18)10-5-12(17)15-14(7-10)19-8-20-15/h1-5,7,13,18H,6,8H2. The zero-order valence-electron chi connectivity index (χ0n) is 10.5. The van der Waals surface area contributed by atoms with Crippen LogP contribution < -0.4 is 9.47 Å². The molecule has 1 N–H and O–H groups in total. The van der Waals surface area contributed by atoms with Crippen molar-refractivity contribution >= 4 is 27.5 Å². The maximum absolute atomic E-state index is 10.4. The van der Waals surface area contributed by atoms with Gasteiger partial charge in [-0.25, -0.2) is 0 Å². The van der Waals surface area contributed by atoms with Gasteiger partial charge in [0.05, 0.1) is 11.1 Å². The Bertz CT molecular complexity index is 645. The van der Waals surface area contributed by atoms with E-state index in [0.29, 0.717) is 22.9 Å². The molecular formula is C15H12BrClO3. The molecule has 20 heavy (non-hydrogen) atoms. The number of benzene rings is 2. The molecule has 0 aromatic heterocycles. The Kier molecular flexibility index (Phi) is 3.87. The zero-order valence-corrected chi connectivity index (χ0v) is 12.8. The van der Waals surface area contributed by atoms with E-state index in [9.17, 15) is 5.11 Å². The van der Waals surface area contributed by atoms with E-state index >= 15 is 0 Å². The number of halogens is 2. The largest absolute Gasteiger partial charge is 0.454 e. The Balaban J connectivity index is 1.86. The van der Waals surface area contributed by atoms with E-state index in [-0.39, 0.29) is 6.79 Å². The molecule has 104 valence electrons. The first-order chi connectivity index (χ1) is 9.65. The van der Waals surface area contributed by atoms with Gasteiger partial charge >= 0.3 is 0 Å². The van der Waals surface area contributed by atoms with Gasteiger partial charge in [-0.15, -0.1) is 0 Å². The summed E-state index contributed by atoms with van der Waals surface area (Å²) in [6.45, 7) is 0.166. The summed E-state index contributed by atoms with van der Waals surface area (Å²) in [4.78, 5) is 0. The predicted molar refractivity (Wildman–Crippen MR) is 80.4 cm³/mol. The van der Waals surface area contributed by atoms with Gasteiger partial charge in [-0.2, -0.15) is 0 Å². The van der Waals surface area contributed by atoms with Crippen molar-refractivity contribution in [1.29, 1.82) is 0 Å². The van der Waals surface area contributed by atoms with Crippen molar-refractivity contribution in [3.8, 4) is 11.5 Å². The molecular weight excluding hydrogens is 344 g/mol. The van der Waals surface area contributed by atoms with Crippen molar-refractivity contribution in [3.05, 3.63) is 57.0 Å². The third-order valence-electron chi connectivity index (χ3n) is 3.21. The lowest BCUT2D eigenvalue weighted by Gasteiger charge is -2.13. The average Bonchev–Trinajstić information content (AvgIpc) is 2.90. The van der Waals surface area contributed by atoms with Gasteiger partial charge in [0.2, 0.25) is 6.79 Å². The summed E-state index contributed by atoms with van der Waals surface area (Å²) in [5, 5.41) is 10.8. The molecule has 0 saturated carbocycles. The van der Waals surface area contributed by atoms with Crippen LogP contribution in [0.1, 0.15) is 17.2 Å². The van der Waals surface area contributed by atoms with E-state index in [4.69, 9.17) is 21.1 Å². The van der Waals surface area contributed by atoms with Crippen LogP contribution >= 0.6 is 27.5 Å². The summed E-state index contributed by atoms with van der Waals surface area (Å²) in [5.41, 5.74) is 1.75. The first kappa shape index (κ1) is 13.7. The van der Waals surface area contributed by atoms with Gasteiger partial charge in [0.15, 0.2) is 11.5 Å². The highest BCUT2D eigenvalue weighted by Gasteiger charge is 2.21. The van der Waals surface area contributed by atoms with Crippen molar-refractivity contribution in [2.24, 2.45) is 0 Å². The van der Waals surface area contributed by atoms with Gasteiger partial charge in [-0.1, -0.05) is 45.7 Å². The van der Waals surface area contributed by atoms with Crippen LogP contribution in [0.5, 0.6) is 11.5 Å². The highest BCUT2D eigenvalue weighted by molar-refractivity contribution is 9.10. The predicted octanol–water partition coefficient (Wildman–Crippen LogP) is 4.11. The summed E-state index contributed by atoms with van der Waals surface area (Å²) < 4.78 is 11.6. The van der Waals surface area contributed by atoms with Crippen LogP contribution in [0.3, 0.4) is 0 Å². The molecule has 0 amide bonds. The molecule has 0 radical (unpaired) electrons. The van der Waals surface area contributed by atoms with Crippen molar-refractivity contribution in [3.63, 3.8) is 0 Å². The Hall–Kier alpha value is -1.23. The van der Waals surface area contributed by atoms with Gasteiger partial charge in [-0.05, 0) is 29.3 Å². The number of hydrogen-bond acceptors (Lipinski definition) is 3. The van der Waals surface area contributed by atoms with E-state index in [0.717, 1.165) is 15.6 Å². The second-order valence-electron chi connectivity index (χ2n) is 4.55. The SMILES string of the molecule is OC(Cc1ccccc1Br)c1cc(Cl)c2c(c1)OCO2. The van der Waals surface area contributed by atoms with Gasteiger partial charge in [0.25, 0.3) is 0 Å². The van der Waals surface area contributed by atoms with Gasteiger partial charge < -0.3 is 14.6 Å². The second kappa shape index (κ2) is 5.64. The van der Waals surface area contributed by atoms with Gasteiger partial charge in [-0.3, -0.25) is 0 Å². The monoisotopic (exact) mass is 354 g/mol. The van der Waals surface area contributed by atoms with Gasteiger partial charge in [0, 0.05) is 10.9 Å². The number of aliphatic hydroxyl groups excluding tert-OH is 1. The molecule has 0 bridgehead atoms. The topological polar surface area (TPSA) is 38.7 Å². The third kappa shape index (κ3) is 2.64. The zero-order chi connectivity index (χ0) is 14.1. The smallest absolute Gasteiger partial charge is 0.231 e. The summed E-state index contributed by atoms with van der Waals surface area (Å²) in [6.07, 6.45) is -0.155. The summed E-state index contributed by atoms with van der Waals surface area (Å²) in [5.74, 6) is 1.13. The fourth-order valence-corrected chi connectivity index (χ4v) is 2.89. The lowest BCUT2D eigenvalue weighted by atomic mass is 10.0. The molecule has 2 aromatic rings. The number of hydrogen-bond donors (Lipinski definition) is 1. The van der Waals surface area contributed by atoms with Gasteiger partial charge in [0.1, 0.15) is 0 Å². The van der Waals surface area contributed by atoms with Crippen LogP contribution in [-0.4, -0.2) is 11.9 Å². The Morgan fingerprint density at radius 2 is 2.05 bits per heavy atom. The molecule has 5 heteroatoms. The van der Waals surface area contributed by atoms with Crippen LogP contribution in [0, 0.1) is 0 Å². The minimum absolute atomic E-state index is 0.166. The molecule has 0 aliphatic carbocycles. The van der Waals surface area contributed by atoms with E-state index < -0.39 is 6.10 Å². The lowest BCUT2D eigenvalue weighted by molar-refractivity contribution is 0.171. The Morgan fingerprint density at radius 3 is 2.85 bits per heavy atom. The molecule has 0 spiro atoms. The molecule has 0 fully saturated rings. The van der Waals surface area contributed by atoms with Crippen molar-refractivity contribution in [2.75, 3.05) is 6.79 Å². The summed E-state index contributed by atoms with van der Waals surface area (Å²) in [7, 11) is 0. The van der Waals surface area contributed by atoms with Crippen molar-refractivity contribution in [2.45, 2.75) is 12.5 Å². The maximum Gasteiger partial charge on any atom is 0.231 e. The number of aliphatic hydroxyl groups is 1. The van der Waals surface area contributed by atoms with E-state index in [1.807, 2.05) is 24.3 Å². The number of rotatable bonds is 3. The quantitative estimate of drug-likeness (QED) is 0.900. The molecule has 1 aliphatic rings. The average molecular weight is 356 g/mol. The first-order valence-corrected chi connectivity index (χ1v) is 7.33. The molecule has 1 atom stereocenters. The van der Waals surface area contributed by atoms with Crippen LogP contribution in [-0.2, 0) is 6.42 Å². The third-order valence-corrected chi connectivity index (χ3v) is 4.26. The highest BCUT2D eigenvalue weighted by Crippen LogP contribution is 2.41. The summed E-state index contributed by atoms with van der Waals surface area (Å²) >= 11 is 9.61. The number of fused-ring (bicyclic) bond motifs is 1. The Morgan fingerprint density at radius 1 is 1.25 bits per heavy atom. The fraction of sp³-hybridized carbons (Fsp3) is 0.200. The molecule has 3 rings (SSSR count). The minimum atomic E-state index is -0.652. The van der Waals surface area contributed by atoms with E-state index in [1.54, 1.807) is 12.1 Å².